The van der Waals surface area contributed by atoms with Crippen LogP contribution in [0.1, 0.15) is 30.8 Å². The van der Waals surface area contributed by atoms with Crippen LogP contribution in [0.5, 0.6) is 0 Å². The first-order valence-corrected chi connectivity index (χ1v) is 7.75. The van der Waals surface area contributed by atoms with Gasteiger partial charge in [0.25, 0.3) is 5.91 Å². The number of rotatable bonds is 4. The van der Waals surface area contributed by atoms with Crippen LogP contribution in [-0.2, 0) is 11.3 Å². The second-order valence-electron chi connectivity index (χ2n) is 5.20. The molecule has 1 fully saturated rings. The van der Waals surface area contributed by atoms with E-state index in [-0.39, 0.29) is 24.7 Å². The molecule has 0 bridgehead atoms. The van der Waals surface area contributed by atoms with Crippen LogP contribution in [0.25, 0.3) is 0 Å². The first kappa shape index (κ1) is 15.5. The Morgan fingerprint density at radius 1 is 1.55 bits per heavy atom. The van der Waals surface area contributed by atoms with Gasteiger partial charge in [-0.25, -0.2) is 0 Å². The Bertz CT molecular complexity index is 475. The number of carbonyl (C=O) groups excluding carboxylic acids is 1. The predicted molar refractivity (Wildman–Crippen MR) is 79.7 cm³/mol. The Morgan fingerprint density at radius 2 is 2.30 bits per heavy atom. The van der Waals surface area contributed by atoms with Crippen LogP contribution >= 0.6 is 15.9 Å². The van der Waals surface area contributed by atoms with Crippen LogP contribution in [0.4, 0.5) is 0 Å². The van der Waals surface area contributed by atoms with Crippen molar-refractivity contribution in [1.82, 2.24) is 9.47 Å². The van der Waals surface area contributed by atoms with Gasteiger partial charge in [-0.3, -0.25) is 4.79 Å². The van der Waals surface area contributed by atoms with Gasteiger partial charge in [-0.1, -0.05) is 6.92 Å². The molecule has 1 aromatic heterocycles. The molecule has 5 nitrogen and oxygen atoms in total. The topological polar surface area (TPSA) is 54.7 Å². The number of aryl methyl sites for hydroxylation is 1. The van der Waals surface area contributed by atoms with Crippen molar-refractivity contribution in [2.45, 2.75) is 39.0 Å². The van der Waals surface area contributed by atoms with E-state index < -0.39 is 0 Å². The van der Waals surface area contributed by atoms with Gasteiger partial charge in [0.05, 0.1) is 18.8 Å². The van der Waals surface area contributed by atoms with Gasteiger partial charge in [-0.2, -0.15) is 0 Å². The molecule has 1 aliphatic rings. The van der Waals surface area contributed by atoms with Crippen molar-refractivity contribution in [2.24, 2.45) is 0 Å². The van der Waals surface area contributed by atoms with E-state index in [1.807, 2.05) is 23.8 Å². The molecule has 0 spiro atoms. The maximum Gasteiger partial charge on any atom is 0.270 e. The lowest BCUT2D eigenvalue weighted by atomic mass is 10.2. The first-order chi connectivity index (χ1) is 9.55. The second kappa shape index (κ2) is 6.74. The quantitative estimate of drug-likeness (QED) is 0.907. The van der Waals surface area contributed by atoms with E-state index in [1.165, 1.54) is 0 Å². The lowest BCUT2D eigenvalue weighted by Gasteiger charge is -2.36. The third kappa shape index (κ3) is 3.42. The number of aromatic nitrogens is 1. The van der Waals surface area contributed by atoms with Crippen LogP contribution < -0.4 is 0 Å². The molecule has 1 saturated heterocycles. The van der Waals surface area contributed by atoms with E-state index in [0.717, 1.165) is 17.4 Å². The van der Waals surface area contributed by atoms with Gasteiger partial charge in [0.15, 0.2) is 0 Å². The number of ether oxygens (including phenoxy) is 1. The zero-order chi connectivity index (χ0) is 14.7. The Hall–Kier alpha value is -0.850. The molecule has 2 rings (SSSR count). The largest absolute Gasteiger partial charge is 0.394 e. The van der Waals surface area contributed by atoms with Crippen molar-refractivity contribution >= 4 is 21.8 Å². The number of aliphatic hydroxyl groups excluding tert-OH is 1. The number of hydrogen-bond acceptors (Lipinski definition) is 3. The highest BCUT2D eigenvalue weighted by molar-refractivity contribution is 9.10. The molecule has 6 heteroatoms. The molecular formula is C14H21BrN2O3. The molecule has 1 aliphatic heterocycles. The zero-order valence-electron chi connectivity index (χ0n) is 11.9. The molecule has 0 radical (unpaired) electrons. The molecule has 20 heavy (non-hydrogen) atoms. The smallest absolute Gasteiger partial charge is 0.270 e. The van der Waals surface area contributed by atoms with Gasteiger partial charge >= 0.3 is 0 Å². The molecule has 2 heterocycles. The molecule has 2 atom stereocenters. The van der Waals surface area contributed by atoms with Crippen LogP contribution in [-0.4, -0.2) is 52.4 Å². The van der Waals surface area contributed by atoms with E-state index in [2.05, 4.69) is 22.9 Å². The number of nitrogens with zero attached hydrogens (tertiary/aromatic N) is 2. The van der Waals surface area contributed by atoms with Gasteiger partial charge in [-0.15, -0.1) is 0 Å². The van der Waals surface area contributed by atoms with Crippen LogP contribution in [0.2, 0.25) is 0 Å². The SMILES string of the molecule is CCCn1cc(Br)cc1C(=O)N1CC(C)OC(CO)C1. The highest BCUT2D eigenvalue weighted by Gasteiger charge is 2.29. The van der Waals surface area contributed by atoms with E-state index in [1.54, 1.807) is 4.90 Å². The Labute approximate surface area is 127 Å². The Morgan fingerprint density at radius 3 is 2.95 bits per heavy atom. The molecule has 0 aromatic carbocycles. The molecule has 2 unspecified atom stereocenters. The van der Waals surface area contributed by atoms with Crippen molar-refractivity contribution in [3.8, 4) is 0 Å². The molecular weight excluding hydrogens is 324 g/mol. The van der Waals surface area contributed by atoms with Gasteiger partial charge < -0.3 is 19.3 Å². The van der Waals surface area contributed by atoms with Crippen molar-refractivity contribution < 1.29 is 14.6 Å². The summed E-state index contributed by atoms with van der Waals surface area (Å²) >= 11 is 3.43. The van der Waals surface area contributed by atoms with Crippen molar-refractivity contribution in [3.05, 3.63) is 22.4 Å². The van der Waals surface area contributed by atoms with Gasteiger partial charge in [0, 0.05) is 30.3 Å². The number of hydrogen-bond donors (Lipinski definition) is 1. The van der Waals surface area contributed by atoms with Gasteiger partial charge in [0.2, 0.25) is 0 Å². The molecule has 0 saturated carbocycles. The number of aliphatic hydroxyl groups is 1. The fourth-order valence-electron chi connectivity index (χ4n) is 2.55. The molecule has 1 aromatic rings. The van der Waals surface area contributed by atoms with Crippen molar-refractivity contribution in [1.29, 1.82) is 0 Å². The van der Waals surface area contributed by atoms with Crippen molar-refractivity contribution in [3.63, 3.8) is 0 Å². The average molecular weight is 345 g/mol. The van der Waals surface area contributed by atoms with Gasteiger partial charge in [-0.05, 0) is 35.3 Å². The monoisotopic (exact) mass is 344 g/mol. The summed E-state index contributed by atoms with van der Waals surface area (Å²) in [5, 5.41) is 9.25. The second-order valence-corrected chi connectivity index (χ2v) is 6.11. The third-order valence-corrected chi connectivity index (χ3v) is 3.80. The maximum atomic E-state index is 12.7. The van der Waals surface area contributed by atoms with E-state index >= 15 is 0 Å². The molecule has 112 valence electrons. The minimum atomic E-state index is -0.291. The van der Waals surface area contributed by atoms with Crippen LogP contribution in [0, 0.1) is 0 Å². The minimum Gasteiger partial charge on any atom is -0.394 e. The summed E-state index contributed by atoms with van der Waals surface area (Å²) in [5.74, 6) is -0.00208. The molecule has 1 N–H and O–H groups in total. The zero-order valence-corrected chi connectivity index (χ0v) is 13.5. The van der Waals surface area contributed by atoms with Crippen LogP contribution in [0.15, 0.2) is 16.7 Å². The summed E-state index contributed by atoms with van der Waals surface area (Å²) in [4.78, 5) is 14.4. The first-order valence-electron chi connectivity index (χ1n) is 6.96. The minimum absolute atomic E-state index is 0.00208. The lowest BCUT2D eigenvalue weighted by molar-refractivity contribution is -0.0860. The molecule has 0 aliphatic carbocycles. The standard InChI is InChI=1S/C14H21BrN2O3/c1-3-4-16-7-11(15)5-13(16)14(19)17-6-10(2)20-12(8-17)9-18/h5,7,10,12,18H,3-4,6,8-9H2,1-2H3. The number of halogens is 1. The summed E-state index contributed by atoms with van der Waals surface area (Å²) in [7, 11) is 0. The van der Waals surface area contributed by atoms with E-state index in [4.69, 9.17) is 4.74 Å². The fourth-order valence-corrected chi connectivity index (χ4v) is 3.02. The number of carbonyl (C=O) groups is 1. The summed E-state index contributed by atoms with van der Waals surface area (Å²) in [6.07, 6.45) is 2.56. The highest BCUT2D eigenvalue weighted by Crippen LogP contribution is 2.20. The number of amides is 1. The van der Waals surface area contributed by atoms with Crippen molar-refractivity contribution in [2.75, 3.05) is 19.7 Å². The normalized spacial score (nSPS) is 23.1. The third-order valence-electron chi connectivity index (χ3n) is 3.36. The molecule has 1 amide bonds. The summed E-state index contributed by atoms with van der Waals surface area (Å²) in [6, 6.07) is 1.85. The highest BCUT2D eigenvalue weighted by atomic mass is 79.9. The van der Waals surface area contributed by atoms with Crippen LogP contribution in [0.3, 0.4) is 0 Å². The number of morpholine rings is 1. The summed E-state index contributed by atoms with van der Waals surface area (Å²) in [5.41, 5.74) is 0.685. The summed E-state index contributed by atoms with van der Waals surface area (Å²) < 4.78 is 8.46. The Kier molecular flexibility index (Phi) is 5.23. The Balaban J connectivity index is 2.17. The maximum absolute atomic E-state index is 12.7. The van der Waals surface area contributed by atoms with E-state index in [9.17, 15) is 9.90 Å². The van der Waals surface area contributed by atoms with E-state index in [0.29, 0.717) is 18.8 Å². The van der Waals surface area contributed by atoms with Gasteiger partial charge in [0.1, 0.15) is 5.69 Å². The average Bonchev–Trinajstić information content (AvgIpc) is 2.78. The predicted octanol–water partition coefficient (Wildman–Crippen LogP) is 1.88. The summed E-state index contributed by atoms with van der Waals surface area (Å²) in [6.45, 7) is 5.76. The lowest BCUT2D eigenvalue weighted by Crippen LogP contribution is -2.50. The fraction of sp³-hybridized carbons (Fsp3) is 0.643.